The van der Waals surface area contributed by atoms with Crippen LogP contribution in [0.1, 0.15) is 23.4 Å². The number of anilines is 1. The Morgan fingerprint density at radius 2 is 1.93 bits per heavy atom. The van der Waals surface area contributed by atoms with Crippen molar-refractivity contribution in [3.8, 4) is 11.4 Å². The number of amides is 1. The summed E-state index contributed by atoms with van der Waals surface area (Å²) in [5, 5.41) is 12.3. The number of nitrogens with one attached hydrogen (secondary N) is 1. The van der Waals surface area contributed by atoms with E-state index in [-0.39, 0.29) is 6.04 Å². The Balaban J connectivity index is 1.72. The van der Waals surface area contributed by atoms with Crippen LogP contribution in [0.5, 0.6) is 0 Å². The number of fused-ring (bicyclic) bond motifs is 2. The highest BCUT2D eigenvalue weighted by Crippen LogP contribution is 2.39. The van der Waals surface area contributed by atoms with Crippen molar-refractivity contribution in [3.63, 3.8) is 0 Å². The van der Waals surface area contributed by atoms with Crippen molar-refractivity contribution in [2.75, 3.05) is 5.32 Å². The van der Waals surface area contributed by atoms with Gasteiger partial charge in [0.15, 0.2) is 5.82 Å². The van der Waals surface area contributed by atoms with Crippen LogP contribution < -0.4 is 11.1 Å². The molecule has 0 fully saturated rings. The van der Waals surface area contributed by atoms with Crippen LogP contribution in [0.15, 0.2) is 65.2 Å². The Bertz CT molecular complexity index is 1290. The molecule has 5 rings (SSSR count). The van der Waals surface area contributed by atoms with Gasteiger partial charge in [-0.3, -0.25) is 4.79 Å². The van der Waals surface area contributed by atoms with E-state index in [1.54, 1.807) is 16.0 Å². The van der Waals surface area contributed by atoms with Crippen molar-refractivity contribution in [3.05, 3.63) is 75.6 Å². The SMILES string of the molecule is CC1=C(C(N)=O)C(c2sccc2C)n2nc(-c3cccc4ccccc34)nc2N1. The maximum atomic E-state index is 12.3. The number of rotatable bonds is 3. The maximum absolute atomic E-state index is 12.3. The summed E-state index contributed by atoms with van der Waals surface area (Å²) in [4.78, 5) is 18.1. The third-order valence-electron chi connectivity index (χ3n) is 5.30. The molecule has 1 aliphatic rings. The highest BCUT2D eigenvalue weighted by molar-refractivity contribution is 7.10. The van der Waals surface area contributed by atoms with Crippen LogP contribution >= 0.6 is 11.3 Å². The zero-order chi connectivity index (χ0) is 20.1. The van der Waals surface area contributed by atoms with E-state index in [0.717, 1.165) is 26.8 Å². The minimum Gasteiger partial charge on any atom is -0.366 e. The van der Waals surface area contributed by atoms with E-state index in [1.165, 1.54) is 0 Å². The highest BCUT2D eigenvalue weighted by atomic mass is 32.1. The summed E-state index contributed by atoms with van der Waals surface area (Å²) in [7, 11) is 0. The smallest absolute Gasteiger partial charge is 0.248 e. The van der Waals surface area contributed by atoms with Gasteiger partial charge in [-0.25, -0.2) is 4.68 Å². The predicted octanol–water partition coefficient (Wildman–Crippen LogP) is 4.24. The van der Waals surface area contributed by atoms with Gasteiger partial charge in [-0.15, -0.1) is 16.4 Å². The van der Waals surface area contributed by atoms with E-state index < -0.39 is 5.91 Å². The molecule has 29 heavy (non-hydrogen) atoms. The summed E-state index contributed by atoms with van der Waals surface area (Å²) in [5.41, 5.74) is 9.03. The highest BCUT2D eigenvalue weighted by Gasteiger charge is 2.35. The molecular formula is C22H19N5OS. The molecule has 7 heteroatoms. The molecular weight excluding hydrogens is 382 g/mol. The fourth-order valence-electron chi connectivity index (χ4n) is 3.91. The molecule has 2 aromatic carbocycles. The molecule has 0 bridgehead atoms. The van der Waals surface area contributed by atoms with Gasteiger partial charge < -0.3 is 11.1 Å². The monoisotopic (exact) mass is 401 g/mol. The van der Waals surface area contributed by atoms with Gasteiger partial charge in [0.2, 0.25) is 11.9 Å². The molecule has 0 radical (unpaired) electrons. The second kappa shape index (κ2) is 6.56. The number of aromatic nitrogens is 3. The summed E-state index contributed by atoms with van der Waals surface area (Å²) >= 11 is 1.59. The number of benzene rings is 2. The number of thiophene rings is 1. The number of carbonyl (C=O) groups excluding carboxylic acids is 1. The molecule has 2 aromatic heterocycles. The minimum absolute atomic E-state index is 0.389. The lowest BCUT2D eigenvalue weighted by Gasteiger charge is -2.27. The Kier molecular flexibility index (Phi) is 3.99. The Hall–Kier alpha value is -3.45. The van der Waals surface area contributed by atoms with E-state index in [4.69, 9.17) is 15.8 Å². The van der Waals surface area contributed by atoms with Crippen LogP contribution in [0.3, 0.4) is 0 Å². The zero-order valence-electron chi connectivity index (χ0n) is 16.0. The van der Waals surface area contributed by atoms with Gasteiger partial charge in [0, 0.05) is 16.1 Å². The van der Waals surface area contributed by atoms with Crippen LogP contribution in [-0.2, 0) is 4.79 Å². The largest absolute Gasteiger partial charge is 0.366 e. The average molecular weight is 401 g/mol. The van der Waals surface area contributed by atoms with Crippen LogP contribution in [0.2, 0.25) is 0 Å². The first-order valence-electron chi connectivity index (χ1n) is 9.31. The molecule has 3 heterocycles. The summed E-state index contributed by atoms with van der Waals surface area (Å²) < 4.78 is 1.78. The third-order valence-corrected chi connectivity index (χ3v) is 6.37. The molecule has 0 saturated carbocycles. The molecule has 0 saturated heterocycles. The third kappa shape index (κ3) is 2.74. The number of primary amides is 1. The van der Waals surface area contributed by atoms with Crippen molar-refractivity contribution >= 4 is 34.0 Å². The lowest BCUT2D eigenvalue weighted by atomic mass is 9.99. The van der Waals surface area contributed by atoms with Crippen LogP contribution in [0.4, 0.5) is 5.95 Å². The van der Waals surface area contributed by atoms with Crippen molar-refractivity contribution in [2.24, 2.45) is 5.73 Å². The maximum Gasteiger partial charge on any atom is 0.248 e. The standard InChI is InChI=1S/C22H19N5OS/c1-12-10-11-29-19(12)18-17(20(23)28)13(2)24-22-25-21(26-27(18)22)16-9-5-7-14-6-3-4-8-15(14)16/h3-11,18H,1-2H3,(H2,23,28)(H,24,25,26). The van der Waals surface area contributed by atoms with Crippen LogP contribution in [0, 0.1) is 6.92 Å². The summed E-state index contributed by atoms with van der Waals surface area (Å²) in [5.74, 6) is 0.760. The number of hydrogen-bond donors (Lipinski definition) is 2. The zero-order valence-corrected chi connectivity index (χ0v) is 16.8. The lowest BCUT2D eigenvalue weighted by molar-refractivity contribution is -0.115. The van der Waals surface area contributed by atoms with Gasteiger partial charge in [0.1, 0.15) is 6.04 Å². The second-order valence-corrected chi connectivity index (χ2v) is 8.08. The van der Waals surface area contributed by atoms with Crippen molar-refractivity contribution < 1.29 is 4.79 Å². The Labute approximate surface area is 171 Å². The first-order chi connectivity index (χ1) is 14.0. The van der Waals surface area contributed by atoms with Gasteiger partial charge in [-0.1, -0.05) is 42.5 Å². The topological polar surface area (TPSA) is 85.8 Å². The van der Waals surface area contributed by atoms with E-state index in [0.29, 0.717) is 23.0 Å². The first-order valence-corrected chi connectivity index (χ1v) is 10.2. The number of aryl methyl sites for hydroxylation is 1. The fourth-order valence-corrected chi connectivity index (χ4v) is 4.93. The van der Waals surface area contributed by atoms with Crippen LogP contribution in [-0.4, -0.2) is 20.7 Å². The molecule has 0 spiro atoms. The van der Waals surface area contributed by atoms with Gasteiger partial charge in [0.05, 0.1) is 5.57 Å². The molecule has 1 unspecified atom stereocenters. The van der Waals surface area contributed by atoms with Gasteiger partial charge in [-0.05, 0) is 41.6 Å². The Morgan fingerprint density at radius 1 is 1.14 bits per heavy atom. The van der Waals surface area contributed by atoms with Crippen molar-refractivity contribution in [1.82, 2.24) is 14.8 Å². The van der Waals surface area contributed by atoms with E-state index in [2.05, 4.69) is 23.5 Å². The van der Waals surface area contributed by atoms with Crippen molar-refractivity contribution in [2.45, 2.75) is 19.9 Å². The molecule has 1 atom stereocenters. The molecule has 6 nitrogen and oxygen atoms in total. The summed E-state index contributed by atoms with van der Waals surface area (Å²) in [6, 6.07) is 15.9. The number of nitrogens with two attached hydrogens (primary N) is 1. The molecule has 1 amide bonds. The second-order valence-electron chi connectivity index (χ2n) is 7.13. The number of carbonyl (C=O) groups is 1. The minimum atomic E-state index is -0.458. The normalized spacial score (nSPS) is 16.0. The molecule has 4 aromatic rings. The Morgan fingerprint density at radius 3 is 2.69 bits per heavy atom. The van der Waals surface area contributed by atoms with Crippen molar-refractivity contribution in [1.29, 1.82) is 0 Å². The summed E-state index contributed by atoms with van der Waals surface area (Å²) in [6.45, 7) is 3.88. The fraction of sp³-hybridized carbons (Fsp3) is 0.136. The number of hydrogen-bond acceptors (Lipinski definition) is 5. The first kappa shape index (κ1) is 17.6. The molecule has 3 N–H and O–H groups in total. The number of allylic oxidation sites excluding steroid dienone is 1. The molecule has 144 valence electrons. The van der Waals surface area contributed by atoms with Crippen LogP contribution in [0.25, 0.3) is 22.2 Å². The lowest BCUT2D eigenvalue weighted by Crippen LogP contribution is -2.31. The van der Waals surface area contributed by atoms with E-state index >= 15 is 0 Å². The van der Waals surface area contributed by atoms with Gasteiger partial charge in [0.25, 0.3) is 0 Å². The quantitative estimate of drug-likeness (QED) is 0.538. The molecule has 0 aliphatic carbocycles. The van der Waals surface area contributed by atoms with E-state index in [9.17, 15) is 4.79 Å². The molecule has 1 aliphatic heterocycles. The summed E-state index contributed by atoms with van der Waals surface area (Å²) in [6.07, 6.45) is 0. The number of nitrogens with zero attached hydrogens (tertiary/aromatic N) is 3. The predicted molar refractivity (Wildman–Crippen MR) is 116 cm³/mol. The average Bonchev–Trinajstić information content (AvgIpc) is 3.32. The van der Waals surface area contributed by atoms with Gasteiger partial charge in [-0.2, -0.15) is 4.98 Å². The van der Waals surface area contributed by atoms with Gasteiger partial charge >= 0.3 is 0 Å². The van der Waals surface area contributed by atoms with E-state index in [1.807, 2.05) is 49.6 Å².